The summed E-state index contributed by atoms with van der Waals surface area (Å²) in [5.74, 6) is -0.591. The van der Waals surface area contributed by atoms with E-state index < -0.39 is 5.54 Å². The summed E-state index contributed by atoms with van der Waals surface area (Å²) in [6.07, 6.45) is 4.27. The van der Waals surface area contributed by atoms with Crippen LogP contribution in [-0.4, -0.2) is 35.4 Å². The number of nitrogens with one attached hydrogen (secondary N) is 1. The van der Waals surface area contributed by atoms with Crippen LogP contribution in [0, 0.1) is 24.1 Å². The van der Waals surface area contributed by atoms with Crippen molar-refractivity contribution in [3.05, 3.63) is 64.4 Å². The second-order valence-corrected chi connectivity index (χ2v) is 11.2. The summed E-state index contributed by atoms with van der Waals surface area (Å²) in [6, 6.07) is 11.9. The number of hydrogen-bond acceptors (Lipinski definition) is 4. The van der Waals surface area contributed by atoms with Gasteiger partial charge in [0, 0.05) is 24.1 Å². The lowest BCUT2D eigenvalue weighted by Crippen LogP contribution is -2.58. The number of hydrazone groups is 1. The first-order valence-electron chi connectivity index (χ1n) is 12.8. The molecule has 2 aromatic carbocycles. The first-order valence-corrected chi connectivity index (χ1v) is 13.2. The number of aryl methyl sites for hydroxylation is 1. The van der Waals surface area contributed by atoms with E-state index in [2.05, 4.69) is 12.2 Å². The zero-order valence-electron chi connectivity index (χ0n) is 22.1. The normalized spacial score (nSPS) is 19.9. The Labute approximate surface area is 219 Å². The average Bonchev–Trinajstić information content (AvgIpc) is 3.14. The van der Waals surface area contributed by atoms with Crippen LogP contribution in [-0.2, 0) is 4.79 Å². The third-order valence-electron chi connectivity index (χ3n) is 7.23. The largest absolute Gasteiger partial charge is 0.396 e. The Hall–Kier alpha value is -2.44. The number of carbonyl (C=O) groups is 1. The Morgan fingerprint density at radius 2 is 1.92 bits per heavy atom. The maximum absolute atomic E-state index is 14.0. The topological polar surface area (TPSA) is 64.9 Å². The molecule has 7 heteroatoms. The summed E-state index contributed by atoms with van der Waals surface area (Å²) in [4.78, 5) is 14.0. The van der Waals surface area contributed by atoms with Crippen molar-refractivity contribution in [3.8, 4) is 0 Å². The fourth-order valence-corrected chi connectivity index (χ4v) is 5.07. The number of aliphatic hydroxyl groups is 1. The van der Waals surface area contributed by atoms with Crippen molar-refractivity contribution < 1.29 is 14.3 Å². The van der Waals surface area contributed by atoms with Gasteiger partial charge < -0.3 is 10.4 Å². The molecular weight excluding hydrogens is 477 g/mol. The van der Waals surface area contributed by atoms with E-state index in [1.807, 2.05) is 50.9 Å². The minimum absolute atomic E-state index is 0.0966. The molecule has 1 aliphatic heterocycles. The lowest BCUT2D eigenvalue weighted by Gasteiger charge is -2.38. The van der Waals surface area contributed by atoms with Gasteiger partial charge in [-0.3, -0.25) is 4.79 Å². The quantitative estimate of drug-likeness (QED) is 0.336. The molecular formula is C29H39ClFN3O2. The molecule has 2 unspecified atom stereocenters. The molecule has 0 spiro atoms. The summed E-state index contributed by atoms with van der Waals surface area (Å²) in [7, 11) is 0. The second-order valence-electron chi connectivity index (χ2n) is 10.8. The number of aliphatic hydroxyl groups excluding tert-OH is 1. The van der Waals surface area contributed by atoms with E-state index in [9.17, 15) is 14.3 Å². The van der Waals surface area contributed by atoms with Crippen molar-refractivity contribution in [1.82, 2.24) is 5.32 Å². The molecule has 0 radical (unpaired) electrons. The fourth-order valence-electron chi connectivity index (χ4n) is 4.84. The van der Waals surface area contributed by atoms with Crippen LogP contribution in [0.25, 0.3) is 0 Å². The molecule has 0 fully saturated rings. The van der Waals surface area contributed by atoms with Crippen LogP contribution in [0.3, 0.4) is 0 Å². The average molecular weight is 516 g/mol. The Morgan fingerprint density at radius 3 is 2.53 bits per heavy atom. The Balaban J connectivity index is 2.01. The minimum atomic E-state index is -0.982. The Bertz CT molecular complexity index is 1090. The van der Waals surface area contributed by atoms with Crippen molar-refractivity contribution >= 4 is 28.9 Å². The van der Waals surface area contributed by atoms with Crippen LogP contribution in [0.4, 0.5) is 10.1 Å². The number of benzene rings is 2. The highest BCUT2D eigenvalue weighted by Gasteiger charge is 2.53. The Kier molecular flexibility index (Phi) is 9.18. The molecule has 1 heterocycles. The summed E-state index contributed by atoms with van der Waals surface area (Å²) in [5, 5.41) is 20.2. The molecule has 5 nitrogen and oxygen atoms in total. The number of nitrogens with zero attached hydrogens (tertiary/aromatic N) is 2. The molecule has 3 rings (SSSR count). The summed E-state index contributed by atoms with van der Waals surface area (Å²) < 4.78 is 13.7. The highest BCUT2D eigenvalue weighted by Crippen LogP contribution is 2.43. The SMILES string of the molecule is CCCCC1C(c2ccc(F)cc2)=NN(c2ccc(Cl)cc2C)C1(C)C(=O)NCCCC(C)(C)CO. The predicted octanol–water partition coefficient (Wildman–Crippen LogP) is 6.49. The van der Waals surface area contributed by atoms with Crippen LogP contribution >= 0.6 is 11.6 Å². The van der Waals surface area contributed by atoms with Crippen molar-refractivity contribution in [2.45, 2.75) is 72.3 Å². The van der Waals surface area contributed by atoms with Gasteiger partial charge in [0.25, 0.3) is 0 Å². The van der Waals surface area contributed by atoms with Crippen LogP contribution in [0.1, 0.15) is 70.9 Å². The highest BCUT2D eigenvalue weighted by atomic mass is 35.5. The van der Waals surface area contributed by atoms with Crippen LogP contribution in [0.2, 0.25) is 5.02 Å². The second kappa shape index (κ2) is 11.7. The molecule has 1 amide bonds. The van der Waals surface area contributed by atoms with Gasteiger partial charge in [0.2, 0.25) is 5.91 Å². The monoisotopic (exact) mass is 515 g/mol. The highest BCUT2D eigenvalue weighted by molar-refractivity contribution is 6.30. The third kappa shape index (κ3) is 6.09. The standard InChI is InChI=1S/C29H39ClFN3O2/c1-6-7-9-24-26(21-10-13-23(31)14-11-21)33-34(25-15-12-22(30)18-20(25)2)29(24,5)27(36)32-17-8-16-28(3,4)19-35/h10-15,18,24,35H,6-9,16-17,19H2,1-5H3,(H,32,36). The third-order valence-corrected chi connectivity index (χ3v) is 7.47. The molecule has 0 aromatic heterocycles. The number of anilines is 1. The maximum atomic E-state index is 14.0. The molecule has 2 N–H and O–H groups in total. The number of amides is 1. The molecule has 196 valence electrons. The van der Waals surface area contributed by atoms with Gasteiger partial charge in [-0.05, 0) is 80.0 Å². The molecule has 2 aromatic rings. The number of unbranched alkanes of at least 4 members (excludes halogenated alkanes) is 1. The van der Waals surface area contributed by atoms with Gasteiger partial charge in [-0.25, -0.2) is 9.40 Å². The first kappa shape index (κ1) is 28.1. The maximum Gasteiger partial charge on any atom is 0.248 e. The van der Waals surface area contributed by atoms with Crippen molar-refractivity contribution in [1.29, 1.82) is 0 Å². The van der Waals surface area contributed by atoms with E-state index in [1.54, 1.807) is 12.1 Å². The van der Waals surface area contributed by atoms with E-state index in [4.69, 9.17) is 16.7 Å². The van der Waals surface area contributed by atoms with E-state index >= 15 is 0 Å². The zero-order chi connectivity index (χ0) is 26.5. The lowest BCUT2D eigenvalue weighted by molar-refractivity contribution is -0.126. The first-order chi connectivity index (χ1) is 17.0. The lowest BCUT2D eigenvalue weighted by atomic mass is 9.76. The fraction of sp³-hybridized carbons (Fsp3) is 0.517. The van der Waals surface area contributed by atoms with Gasteiger partial charge in [-0.1, -0.05) is 57.3 Å². The molecule has 36 heavy (non-hydrogen) atoms. The van der Waals surface area contributed by atoms with Gasteiger partial charge in [0.1, 0.15) is 11.4 Å². The number of halogens is 2. The molecule has 1 aliphatic rings. The summed E-state index contributed by atoms with van der Waals surface area (Å²) >= 11 is 6.24. The van der Waals surface area contributed by atoms with E-state index in [-0.39, 0.29) is 29.7 Å². The summed E-state index contributed by atoms with van der Waals surface area (Å²) in [5.41, 5.74) is 2.18. The molecule has 2 atom stereocenters. The van der Waals surface area contributed by atoms with Gasteiger partial charge in [0.15, 0.2) is 0 Å². The van der Waals surface area contributed by atoms with Crippen LogP contribution < -0.4 is 10.3 Å². The number of hydrogen-bond donors (Lipinski definition) is 2. The van der Waals surface area contributed by atoms with Gasteiger partial charge in [0.05, 0.1) is 11.4 Å². The van der Waals surface area contributed by atoms with Crippen molar-refractivity contribution in [2.75, 3.05) is 18.2 Å². The Morgan fingerprint density at radius 1 is 1.22 bits per heavy atom. The zero-order valence-corrected chi connectivity index (χ0v) is 22.8. The number of rotatable bonds is 11. The van der Waals surface area contributed by atoms with Crippen LogP contribution in [0.5, 0.6) is 0 Å². The number of carbonyl (C=O) groups excluding carboxylic acids is 1. The molecule has 0 bridgehead atoms. The molecule has 0 saturated heterocycles. The van der Waals surface area contributed by atoms with Gasteiger partial charge in [-0.15, -0.1) is 0 Å². The smallest absolute Gasteiger partial charge is 0.248 e. The van der Waals surface area contributed by atoms with Crippen molar-refractivity contribution in [3.63, 3.8) is 0 Å². The molecule has 0 aliphatic carbocycles. The minimum Gasteiger partial charge on any atom is -0.396 e. The van der Waals surface area contributed by atoms with Crippen molar-refractivity contribution in [2.24, 2.45) is 16.4 Å². The molecule has 0 saturated carbocycles. The van der Waals surface area contributed by atoms with E-state index in [0.717, 1.165) is 54.6 Å². The summed E-state index contributed by atoms with van der Waals surface area (Å²) in [6.45, 7) is 10.7. The van der Waals surface area contributed by atoms with Crippen LogP contribution in [0.15, 0.2) is 47.6 Å². The predicted molar refractivity (Wildman–Crippen MR) is 146 cm³/mol. The van der Waals surface area contributed by atoms with E-state index in [1.165, 1.54) is 12.1 Å². The van der Waals surface area contributed by atoms with Gasteiger partial charge in [-0.2, -0.15) is 5.10 Å². The van der Waals surface area contributed by atoms with E-state index in [0.29, 0.717) is 11.6 Å². The van der Waals surface area contributed by atoms with Gasteiger partial charge >= 0.3 is 0 Å².